The molecule has 1 heterocycles. The molecule has 5 N–H and O–H groups in total. The van der Waals surface area contributed by atoms with Crippen molar-refractivity contribution in [2.24, 2.45) is 5.92 Å². The van der Waals surface area contributed by atoms with Gasteiger partial charge in [-0.15, -0.1) is 0 Å². The molecule has 0 aromatic heterocycles. The summed E-state index contributed by atoms with van der Waals surface area (Å²) < 4.78 is 0. The van der Waals surface area contributed by atoms with Crippen molar-refractivity contribution in [2.45, 2.75) is 19.3 Å². The lowest BCUT2D eigenvalue weighted by Crippen LogP contribution is -2.40. The van der Waals surface area contributed by atoms with E-state index in [2.05, 4.69) is 17.2 Å². The van der Waals surface area contributed by atoms with Crippen LogP contribution < -0.4 is 10.6 Å². The highest BCUT2D eigenvalue weighted by Crippen LogP contribution is 2.37. The third-order valence-electron chi connectivity index (χ3n) is 3.67. The first-order valence-electron chi connectivity index (χ1n) is 6.91. The molecule has 1 unspecified atom stereocenters. The summed E-state index contributed by atoms with van der Waals surface area (Å²) in [6, 6.07) is 2.82. The second-order valence-electron chi connectivity index (χ2n) is 5.20. The van der Waals surface area contributed by atoms with Crippen molar-refractivity contribution in [1.82, 2.24) is 10.6 Å². The third-order valence-corrected chi connectivity index (χ3v) is 3.67. The predicted octanol–water partition coefficient (Wildman–Crippen LogP) is 0.975. The summed E-state index contributed by atoms with van der Waals surface area (Å²) in [6.45, 7) is 4.77. The number of benzene rings is 1. The zero-order valence-electron chi connectivity index (χ0n) is 11.7. The molecular formula is C15H20N2O4. The van der Waals surface area contributed by atoms with Crippen LogP contribution in [0.1, 0.15) is 18.4 Å². The van der Waals surface area contributed by atoms with Crippen LogP contribution in [0, 0.1) is 5.92 Å². The van der Waals surface area contributed by atoms with E-state index in [4.69, 9.17) is 0 Å². The van der Waals surface area contributed by atoms with Gasteiger partial charge in [-0.2, -0.15) is 0 Å². The molecule has 6 nitrogen and oxygen atoms in total. The van der Waals surface area contributed by atoms with Crippen molar-refractivity contribution in [3.8, 4) is 17.2 Å². The van der Waals surface area contributed by atoms with Gasteiger partial charge in [-0.05, 0) is 30.9 Å². The minimum Gasteiger partial charge on any atom is -0.504 e. The molecule has 1 saturated heterocycles. The molecule has 1 amide bonds. The van der Waals surface area contributed by atoms with Gasteiger partial charge in [0.05, 0.1) is 5.92 Å². The number of phenolic OH excluding ortho intramolecular Hbond substituents is 3. The Morgan fingerprint density at radius 3 is 2.76 bits per heavy atom. The normalized spacial score (nSPS) is 18.1. The molecule has 0 spiro atoms. The second-order valence-corrected chi connectivity index (χ2v) is 5.20. The lowest BCUT2D eigenvalue weighted by Gasteiger charge is -2.24. The van der Waals surface area contributed by atoms with Crippen molar-refractivity contribution < 1.29 is 20.1 Å². The number of nitrogens with one attached hydrogen (secondary N) is 2. The lowest BCUT2D eigenvalue weighted by atomic mass is 9.97. The number of piperidine rings is 1. The van der Waals surface area contributed by atoms with E-state index < -0.39 is 5.75 Å². The van der Waals surface area contributed by atoms with E-state index in [1.165, 1.54) is 12.1 Å². The number of aromatic hydroxyl groups is 3. The van der Waals surface area contributed by atoms with E-state index in [1.54, 1.807) is 0 Å². The van der Waals surface area contributed by atoms with Gasteiger partial charge < -0.3 is 26.0 Å². The van der Waals surface area contributed by atoms with Crippen LogP contribution in [0.2, 0.25) is 0 Å². The van der Waals surface area contributed by atoms with E-state index in [0.717, 1.165) is 18.5 Å². The first kappa shape index (κ1) is 15.0. The van der Waals surface area contributed by atoms with Gasteiger partial charge in [-0.1, -0.05) is 12.6 Å². The monoisotopic (exact) mass is 292 g/mol. The highest BCUT2D eigenvalue weighted by molar-refractivity contribution is 5.79. The van der Waals surface area contributed by atoms with Gasteiger partial charge in [0.1, 0.15) is 0 Å². The highest BCUT2D eigenvalue weighted by Gasteiger charge is 2.22. The molecule has 0 saturated carbocycles. The fourth-order valence-corrected chi connectivity index (χ4v) is 2.31. The number of carbonyl (C=O) groups is 1. The minimum absolute atomic E-state index is 0.0301. The maximum atomic E-state index is 12.0. The Kier molecular flexibility index (Phi) is 4.57. The number of carbonyl (C=O) groups excluding carboxylic acids is 1. The molecule has 1 aromatic rings. The van der Waals surface area contributed by atoms with Gasteiger partial charge in [0.2, 0.25) is 11.7 Å². The Morgan fingerprint density at radius 1 is 1.33 bits per heavy atom. The Bertz CT molecular complexity index is 547. The summed E-state index contributed by atoms with van der Waals surface area (Å²) in [5.74, 6) is -1.35. The SMILES string of the molecule is C=C1CCC(C(=O)NCCc2ccc(O)c(O)c2O)CN1. The Morgan fingerprint density at radius 2 is 2.10 bits per heavy atom. The molecular weight excluding hydrogens is 272 g/mol. The Balaban J connectivity index is 1.83. The standard InChI is InChI=1S/C15H20N2O4/c1-9-2-3-11(8-17-9)15(21)16-7-6-10-4-5-12(18)14(20)13(10)19/h4-5,11,17-20H,1-3,6-8H2,(H,16,21). The van der Waals surface area contributed by atoms with Crippen molar-refractivity contribution in [1.29, 1.82) is 0 Å². The van der Waals surface area contributed by atoms with E-state index >= 15 is 0 Å². The number of rotatable bonds is 4. The predicted molar refractivity (Wildman–Crippen MR) is 78.0 cm³/mol. The maximum absolute atomic E-state index is 12.0. The van der Waals surface area contributed by atoms with Gasteiger partial charge in [-0.3, -0.25) is 4.79 Å². The van der Waals surface area contributed by atoms with Crippen LogP contribution in [0.4, 0.5) is 0 Å². The van der Waals surface area contributed by atoms with E-state index in [-0.39, 0.29) is 23.3 Å². The molecule has 21 heavy (non-hydrogen) atoms. The van der Waals surface area contributed by atoms with Crippen LogP contribution in [-0.2, 0) is 11.2 Å². The van der Waals surface area contributed by atoms with E-state index in [1.807, 2.05) is 0 Å². The molecule has 1 fully saturated rings. The van der Waals surface area contributed by atoms with Gasteiger partial charge >= 0.3 is 0 Å². The van der Waals surface area contributed by atoms with Gasteiger partial charge in [0, 0.05) is 18.8 Å². The second kappa shape index (κ2) is 6.39. The minimum atomic E-state index is -0.534. The quantitative estimate of drug-likeness (QED) is 0.532. The number of amides is 1. The summed E-state index contributed by atoms with van der Waals surface area (Å²) in [4.78, 5) is 12.0. The van der Waals surface area contributed by atoms with Crippen molar-refractivity contribution in [3.05, 3.63) is 30.0 Å². The van der Waals surface area contributed by atoms with Crippen LogP contribution in [0.5, 0.6) is 17.2 Å². The van der Waals surface area contributed by atoms with Crippen LogP contribution in [0.15, 0.2) is 24.4 Å². The first-order valence-corrected chi connectivity index (χ1v) is 6.91. The van der Waals surface area contributed by atoms with Crippen molar-refractivity contribution in [2.75, 3.05) is 13.1 Å². The Labute approximate surface area is 123 Å². The summed E-state index contributed by atoms with van der Waals surface area (Å²) in [5.41, 5.74) is 1.43. The number of phenols is 3. The van der Waals surface area contributed by atoms with Gasteiger partial charge in [-0.25, -0.2) is 0 Å². The lowest BCUT2D eigenvalue weighted by molar-refractivity contribution is -0.125. The summed E-state index contributed by atoms with van der Waals surface area (Å²) >= 11 is 0. The first-order chi connectivity index (χ1) is 9.99. The van der Waals surface area contributed by atoms with Crippen LogP contribution >= 0.6 is 0 Å². The summed E-state index contributed by atoms with van der Waals surface area (Å²) in [5, 5.41) is 34.2. The number of hydrogen-bond acceptors (Lipinski definition) is 5. The average molecular weight is 292 g/mol. The molecule has 1 aliphatic heterocycles. The molecule has 0 aliphatic carbocycles. The van der Waals surface area contributed by atoms with Crippen LogP contribution in [0.3, 0.4) is 0 Å². The molecule has 0 radical (unpaired) electrons. The number of hydrogen-bond donors (Lipinski definition) is 5. The molecule has 1 atom stereocenters. The highest BCUT2D eigenvalue weighted by atomic mass is 16.3. The molecule has 114 valence electrons. The Hall–Kier alpha value is -2.37. The topological polar surface area (TPSA) is 102 Å². The van der Waals surface area contributed by atoms with Crippen LogP contribution in [-0.4, -0.2) is 34.3 Å². The summed E-state index contributed by atoms with van der Waals surface area (Å²) in [7, 11) is 0. The molecule has 1 aliphatic rings. The smallest absolute Gasteiger partial charge is 0.224 e. The average Bonchev–Trinajstić information content (AvgIpc) is 2.48. The molecule has 2 rings (SSSR count). The van der Waals surface area contributed by atoms with Crippen molar-refractivity contribution >= 4 is 5.91 Å². The fraction of sp³-hybridized carbons (Fsp3) is 0.400. The maximum Gasteiger partial charge on any atom is 0.224 e. The zero-order chi connectivity index (χ0) is 15.4. The largest absolute Gasteiger partial charge is 0.504 e. The summed E-state index contributed by atoms with van der Waals surface area (Å²) in [6.07, 6.45) is 1.95. The zero-order valence-corrected chi connectivity index (χ0v) is 11.7. The fourth-order valence-electron chi connectivity index (χ4n) is 2.31. The van der Waals surface area contributed by atoms with Crippen molar-refractivity contribution in [3.63, 3.8) is 0 Å². The van der Waals surface area contributed by atoms with Gasteiger partial charge in [0.25, 0.3) is 0 Å². The molecule has 1 aromatic carbocycles. The van der Waals surface area contributed by atoms with Crippen LogP contribution in [0.25, 0.3) is 0 Å². The third kappa shape index (κ3) is 3.59. The number of allylic oxidation sites excluding steroid dienone is 1. The van der Waals surface area contributed by atoms with E-state index in [0.29, 0.717) is 25.1 Å². The van der Waals surface area contributed by atoms with Gasteiger partial charge in [0.15, 0.2) is 11.5 Å². The molecule has 0 bridgehead atoms. The molecule has 6 heteroatoms. The van der Waals surface area contributed by atoms with E-state index in [9.17, 15) is 20.1 Å².